The summed E-state index contributed by atoms with van der Waals surface area (Å²) in [4.78, 5) is 6.53. The van der Waals surface area contributed by atoms with Crippen LogP contribution in [0.4, 0.5) is 0 Å². The lowest BCUT2D eigenvalue weighted by Gasteiger charge is -2.24. The third kappa shape index (κ3) is 6.28. The van der Waals surface area contributed by atoms with Crippen LogP contribution in [0.1, 0.15) is 29.7 Å². The van der Waals surface area contributed by atoms with Crippen LogP contribution in [0.15, 0.2) is 41.7 Å². The van der Waals surface area contributed by atoms with Crippen molar-refractivity contribution < 1.29 is 0 Å². The number of hydrogen-bond donors (Lipinski definition) is 2. The predicted octanol–water partition coefficient (Wildman–Crippen LogP) is 2.57. The van der Waals surface area contributed by atoms with E-state index in [4.69, 9.17) is 0 Å². The first-order valence-corrected chi connectivity index (χ1v) is 8.71. The van der Waals surface area contributed by atoms with Gasteiger partial charge in [0.05, 0.1) is 12.2 Å². The first-order chi connectivity index (χ1) is 12.0. The van der Waals surface area contributed by atoms with Crippen molar-refractivity contribution in [2.75, 3.05) is 27.7 Å². The van der Waals surface area contributed by atoms with Gasteiger partial charge in [0.2, 0.25) is 0 Å². The first kappa shape index (κ1) is 22.4. The van der Waals surface area contributed by atoms with Crippen LogP contribution in [0.25, 0.3) is 0 Å². The number of aliphatic imine (C=N–C) groups is 1. The molecule has 2 N–H and O–H groups in total. The number of nitrogens with zero attached hydrogens (tertiary/aromatic N) is 4. The van der Waals surface area contributed by atoms with Crippen molar-refractivity contribution in [3.63, 3.8) is 0 Å². The summed E-state index contributed by atoms with van der Waals surface area (Å²) in [5.74, 6) is 0.807. The summed E-state index contributed by atoms with van der Waals surface area (Å²) in [6.07, 6.45) is 5.01. The Morgan fingerprint density at radius 2 is 1.92 bits per heavy atom. The minimum absolute atomic E-state index is 0. The van der Waals surface area contributed by atoms with E-state index in [1.807, 2.05) is 17.9 Å². The molecule has 0 bridgehead atoms. The number of rotatable bonds is 7. The van der Waals surface area contributed by atoms with Gasteiger partial charge in [0.25, 0.3) is 0 Å². The Balaban J connectivity index is 0.00000338. The normalized spacial score (nSPS) is 12.6. The molecular formula is C19H31IN6. The van der Waals surface area contributed by atoms with Crippen LogP contribution in [0.3, 0.4) is 0 Å². The van der Waals surface area contributed by atoms with Crippen LogP contribution in [0.2, 0.25) is 0 Å². The molecule has 0 saturated heterocycles. The second-order valence-electron chi connectivity index (χ2n) is 6.36. The van der Waals surface area contributed by atoms with Crippen molar-refractivity contribution in [2.45, 2.75) is 25.9 Å². The Morgan fingerprint density at radius 3 is 2.46 bits per heavy atom. The van der Waals surface area contributed by atoms with E-state index in [1.165, 1.54) is 16.7 Å². The van der Waals surface area contributed by atoms with E-state index in [0.29, 0.717) is 0 Å². The van der Waals surface area contributed by atoms with Gasteiger partial charge in [-0.15, -0.1) is 24.0 Å². The molecule has 0 aliphatic rings. The number of hydrogen-bond acceptors (Lipinski definition) is 3. The van der Waals surface area contributed by atoms with E-state index >= 15 is 0 Å². The monoisotopic (exact) mass is 470 g/mol. The molecule has 1 aromatic heterocycles. The zero-order valence-electron chi connectivity index (χ0n) is 16.4. The van der Waals surface area contributed by atoms with Gasteiger partial charge in [0.15, 0.2) is 5.96 Å². The molecule has 1 heterocycles. The SMILES string of the molecule is CCc1ccccc1CNC(=NC)NCC(c1cnn(C)c1)N(C)C.I. The minimum atomic E-state index is 0. The summed E-state index contributed by atoms with van der Waals surface area (Å²) in [6.45, 7) is 3.71. The molecule has 1 aromatic carbocycles. The van der Waals surface area contributed by atoms with Crippen LogP contribution in [-0.2, 0) is 20.0 Å². The molecular weight excluding hydrogens is 439 g/mol. The zero-order chi connectivity index (χ0) is 18.2. The molecule has 144 valence electrons. The zero-order valence-corrected chi connectivity index (χ0v) is 18.7. The van der Waals surface area contributed by atoms with Gasteiger partial charge < -0.3 is 15.5 Å². The third-order valence-electron chi connectivity index (χ3n) is 4.37. The minimum Gasteiger partial charge on any atom is -0.354 e. The maximum atomic E-state index is 4.34. The van der Waals surface area contributed by atoms with Crippen molar-refractivity contribution in [1.82, 2.24) is 25.3 Å². The Kier molecular flexibility index (Phi) is 9.64. The molecule has 0 amide bonds. The van der Waals surface area contributed by atoms with Crippen molar-refractivity contribution in [1.29, 1.82) is 0 Å². The molecule has 1 atom stereocenters. The van der Waals surface area contributed by atoms with Crippen LogP contribution < -0.4 is 10.6 Å². The predicted molar refractivity (Wildman–Crippen MR) is 119 cm³/mol. The van der Waals surface area contributed by atoms with Crippen molar-refractivity contribution in [3.8, 4) is 0 Å². The van der Waals surface area contributed by atoms with E-state index < -0.39 is 0 Å². The fourth-order valence-electron chi connectivity index (χ4n) is 2.88. The van der Waals surface area contributed by atoms with Crippen LogP contribution >= 0.6 is 24.0 Å². The standard InChI is InChI=1S/C19H30N6.HI/c1-6-15-9-7-8-10-16(15)11-21-19(20-2)22-13-18(24(3)4)17-12-23-25(5)14-17;/h7-10,12,14,18H,6,11,13H2,1-5H3,(H2,20,21,22);1H. The summed E-state index contributed by atoms with van der Waals surface area (Å²) in [7, 11) is 7.89. The number of aryl methyl sites for hydroxylation is 2. The number of benzene rings is 1. The highest BCUT2D eigenvalue weighted by atomic mass is 127. The van der Waals surface area contributed by atoms with Crippen molar-refractivity contribution in [2.24, 2.45) is 12.0 Å². The fraction of sp³-hybridized carbons (Fsp3) is 0.474. The maximum absolute atomic E-state index is 4.34. The Labute approximate surface area is 174 Å². The van der Waals surface area contributed by atoms with E-state index in [2.05, 4.69) is 77.1 Å². The lowest BCUT2D eigenvalue weighted by atomic mass is 10.1. The quantitative estimate of drug-likeness (QED) is 0.371. The smallest absolute Gasteiger partial charge is 0.191 e. The van der Waals surface area contributed by atoms with Gasteiger partial charge in [0, 0.05) is 38.9 Å². The highest BCUT2D eigenvalue weighted by molar-refractivity contribution is 14.0. The van der Waals surface area contributed by atoms with Crippen molar-refractivity contribution >= 4 is 29.9 Å². The average molecular weight is 470 g/mol. The number of nitrogens with one attached hydrogen (secondary N) is 2. The van der Waals surface area contributed by atoms with Gasteiger partial charge in [-0.05, 0) is 31.6 Å². The van der Waals surface area contributed by atoms with Crippen LogP contribution in [-0.4, -0.2) is 48.3 Å². The Bertz CT molecular complexity index is 695. The topological polar surface area (TPSA) is 57.5 Å². The Morgan fingerprint density at radius 1 is 1.23 bits per heavy atom. The molecule has 2 aromatic rings. The number of guanidine groups is 1. The Hall–Kier alpha value is -1.61. The van der Waals surface area contributed by atoms with E-state index in [9.17, 15) is 0 Å². The molecule has 0 aliphatic carbocycles. The molecule has 6 nitrogen and oxygen atoms in total. The highest BCUT2D eigenvalue weighted by Gasteiger charge is 2.16. The second-order valence-corrected chi connectivity index (χ2v) is 6.36. The van der Waals surface area contributed by atoms with Gasteiger partial charge in [0.1, 0.15) is 0 Å². The van der Waals surface area contributed by atoms with E-state index in [-0.39, 0.29) is 30.0 Å². The molecule has 0 fully saturated rings. The summed E-state index contributed by atoms with van der Waals surface area (Å²) in [5.41, 5.74) is 3.86. The summed E-state index contributed by atoms with van der Waals surface area (Å²) >= 11 is 0. The summed E-state index contributed by atoms with van der Waals surface area (Å²) in [6, 6.07) is 8.74. The molecule has 0 radical (unpaired) electrons. The largest absolute Gasteiger partial charge is 0.354 e. The van der Waals surface area contributed by atoms with Crippen LogP contribution in [0, 0.1) is 0 Å². The van der Waals surface area contributed by atoms with Crippen molar-refractivity contribution in [3.05, 3.63) is 53.3 Å². The van der Waals surface area contributed by atoms with E-state index in [1.54, 1.807) is 7.05 Å². The van der Waals surface area contributed by atoms with Gasteiger partial charge in [-0.1, -0.05) is 31.2 Å². The second kappa shape index (κ2) is 11.2. The third-order valence-corrected chi connectivity index (χ3v) is 4.37. The molecule has 0 aliphatic heterocycles. The molecule has 2 rings (SSSR count). The number of likely N-dealkylation sites (N-methyl/N-ethyl adjacent to an activating group) is 1. The fourth-order valence-corrected chi connectivity index (χ4v) is 2.88. The first-order valence-electron chi connectivity index (χ1n) is 8.71. The molecule has 0 spiro atoms. The molecule has 0 saturated carbocycles. The molecule has 7 heteroatoms. The van der Waals surface area contributed by atoms with Gasteiger partial charge in [-0.2, -0.15) is 5.10 Å². The number of halogens is 1. The lowest BCUT2D eigenvalue weighted by molar-refractivity contribution is 0.298. The summed E-state index contributed by atoms with van der Waals surface area (Å²) in [5, 5.41) is 11.1. The van der Waals surface area contributed by atoms with Gasteiger partial charge >= 0.3 is 0 Å². The maximum Gasteiger partial charge on any atom is 0.191 e. The molecule has 1 unspecified atom stereocenters. The molecule has 26 heavy (non-hydrogen) atoms. The average Bonchev–Trinajstić information content (AvgIpc) is 3.03. The van der Waals surface area contributed by atoms with Crippen LogP contribution in [0.5, 0.6) is 0 Å². The lowest BCUT2D eigenvalue weighted by Crippen LogP contribution is -2.41. The van der Waals surface area contributed by atoms with Gasteiger partial charge in [-0.3, -0.25) is 9.67 Å². The van der Waals surface area contributed by atoms with Gasteiger partial charge in [-0.25, -0.2) is 0 Å². The summed E-state index contributed by atoms with van der Waals surface area (Å²) < 4.78 is 1.83. The van der Waals surface area contributed by atoms with E-state index in [0.717, 1.165) is 25.5 Å². The highest BCUT2D eigenvalue weighted by Crippen LogP contribution is 2.16. The number of aromatic nitrogens is 2.